The van der Waals surface area contributed by atoms with Crippen molar-refractivity contribution in [1.82, 2.24) is 4.90 Å². The van der Waals surface area contributed by atoms with Crippen molar-refractivity contribution < 1.29 is 4.79 Å². The van der Waals surface area contributed by atoms with Gasteiger partial charge in [0.2, 0.25) is 5.91 Å². The molecule has 1 aliphatic rings. The second kappa shape index (κ2) is 7.17. The minimum absolute atomic E-state index is 0. The Labute approximate surface area is 125 Å². The van der Waals surface area contributed by atoms with Crippen molar-refractivity contribution in [3.63, 3.8) is 0 Å². The van der Waals surface area contributed by atoms with Gasteiger partial charge in [-0.2, -0.15) is 0 Å². The van der Waals surface area contributed by atoms with Crippen LogP contribution in [0.2, 0.25) is 0 Å². The Balaban J connectivity index is 0.00000180. The molecular weight excluding hydrogens is 280 g/mol. The van der Waals surface area contributed by atoms with Crippen LogP contribution in [0.15, 0.2) is 29.2 Å². The van der Waals surface area contributed by atoms with Gasteiger partial charge >= 0.3 is 0 Å². The molecule has 0 unspecified atom stereocenters. The Bertz CT molecular complexity index is 439. The number of rotatable bonds is 2. The van der Waals surface area contributed by atoms with E-state index in [0.29, 0.717) is 6.54 Å². The molecule has 0 spiro atoms. The highest BCUT2D eigenvalue weighted by Crippen LogP contribution is 2.27. The summed E-state index contributed by atoms with van der Waals surface area (Å²) in [6, 6.07) is 7.89. The SMILES string of the molecule is CC(C)[C@H](N)C(=O)N1CCSc2ccccc2C1.Cl. The summed E-state index contributed by atoms with van der Waals surface area (Å²) < 4.78 is 0. The van der Waals surface area contributed by atoms with Crippen LogP contribution < -0.4 is 5.73 Å². The summed E-state index contributed by atoms with van der Waals surface area (Å²) in [6.45, 7) is 5.44. The van der Waals surface area contributed by atoms with E-state index >= 15 is 0 Å². The van der Waals surface area contributed by atoms with Gasteiger partial charge in [0.1, 0.15) is 0 Å². The van der Waals surface area contributed by atoms with Crippen molar-refractivity contribution in [2.24, 2.45) is 11.7 Å². The van der Waals surface area contributed by atoms with Crippen LogP contribution in [0.1, 0.15) is 19.4 Å². The molecule has 3 nitrogen and oxygen atoms in total. The molecule has 19 heavy (non-hydrogen) atoms. The summed E-state index contributed by atoms with van der Waals surface area (Å²) in [5.41, 5.74) is 7.19. The third-order valence-electron chi connectivity index (χ3n) is 3.27. The second-order valence-electron chi connectivity index (χ2n) is 4.99. The van der Waals surface area contributed by atoms with Gasteiger partial charge in [0.15, 0.2) is 0 Å². The van der Waals surface area contributed by atoms with E-state index in [-0.39, 0.29) is 30.3 Å². The topological polar surface area (TPSA) is 46.3 Å². The van der Waals surface area contributed by atoms with E-state index in [9.17, 15) is 4.79 Å². The predicted molar refractivity (Wildman–Crippen MR) is 82.6 cm³/mol. The average molecular weight is 301 g/mol. The summed E-state index contributed by atoms with van der Waals surface area (Å²) in [4.78, 5) is 15.5. The third kappa shape index (κ3) is 3.88. The Morgan fingerprint density at radius 3 is 2.74 bits per heavy atom. The third-order valence-corrected chi connectivity index (χ3v) is 4.36. The first kappa shape index (κ1) is 16.3. The molecular formula is C14H21ClN2OS. The Morgan fingerprint density at radius 1 is 1.37 bits per heavy atom. The molecule has 0 saturated carbocycles. The van der Waals surface area contributed by atoms with Crippen LogP contribution in [0.4, 0.5) is 0 Å². The van der Waals surface area contributed by atoms with Gasteiger partial charge in [-0.25, -0.2) is 0 Å². The fourth-order valence-electron chi connectivity index (χ4n) is 2.01. The van der Waals surface area contributed by atoms with Crippen molar-refractivity contribution in [1.29, 1.82) is 0 Å². The molecule has 0 radical (unpaired) electrons. The lowest BCUT2D eigenvalue weighted by atomic mass is 10.0. The summed E-state index contributed by atoms with van der Waals surface area (Å²) in [7, 11) is 0. The normalized spacial score (nSPS) is 16.3. The van der Waals surface area contributed by atoms with Crippen LogP contribution in [0.25, 0.3) is 0 Å². The lowest BCUT2D eigenvalue weighted by molar-refractivity contribution is -0.133. The van der Waals surface area contributed by atoms with E-state index < -0.39 is 0 Å². The molecule has 0 saturated heterocycles. The average Bonchev–Trinajstić information content (AvgIpc) is 2.58. The first-order valence-corrected chi connectivity index (χ1v) is 7.33. The number of carbonyl (C=O) groups is 1. The highest BCUT2D eigenvalue weighted by molar-refractivity contribution is 7.99. The van der Waals surface area contributed by atoms with E-state index in [1.54, 1.807) is 0 Å². The molecule has 1 heterocycles. The number of nitrogens with two attached hydrogens (primary N) is 1. The minimum Gasteiger partial charge on any atom is -0.336 e. The molecule has 0 aromatic heterocycles. The number of nitrogens with zero attached hydrogens (tertiary/aromatic N) is 1. The molecule has 1 atom stereocenters. The summed E-state index contributed by atoms with van der Waals surface area (Å²) in [5, 5.41) is 0. The highest BCUT2D eigenvalue weighted by Gasteiger charge is 2.25. The van der Waals surface area contributed by atoms with Gasteiger partial charge in [0.05, 0.1) is 6.04 Å². The van der Waals surface area contributed by atoms with Crippen molar-refractivity contribution in [2.75, 3.05) is 12.3 Å². The lowest BCUT2D eigenvalue weighted by Crippen LogP contribution is -2.46. The zero-order chi connectivity index (χ0) is 13.1. The van der Waals surface area contributed by atoms with E-state index in [2.05, 4.69) is 12.1 Å². The molecule has 106 valence electrons. The van der Waals surface area contributed by atoms with Crippen LogP contribution in [-0.2, 0) is 11.3 Å². The molecule has 5 heteroatoms. The molecule has 2 N–H and O–H groups in total. The maximum absolute atomic E-state index is 12.3. The number of thioether (sulfide) groups is 1. The van der Waals surface area contributed by atoms with Crippen molar-refractivity contribution in [2.45, 2.75) is 31.3 Å². The van der Waals surface area contributed by atoms with Gasteiger partial charge in [-0.05, 0) is 17.5 Å². The molecule has 1 aromatic rings. The van der Waals surface area contributed by atoms with Crippen LogP contribution >= 0.6 is 24.2 Å². The Morgan fingerprint density at radius 2 is 2.05 bits per heavy atom. The van der Waals surface area contributed by atoms with Gasteiger partial charge in [0, 0.05) is 23.7 Å². The standard InChI is InChI=1S/C14H20N2OS.ClH/c1-10(2)13(15)14(17)16-7-8-18-12-6-4-3-5-11(12)9-16;/h3-6,10,13H,7-9,15H2,1-2H3;1H/t13-;/m0./s1. The van der Waals surface area contributed by atoms with Crippen LogP contribution in [-0.4, -0.2) is 29.1 Å². The fraction of sp³-hybridized carbons (Fsp3) is 0.500. The van der Waals surface area contributed by atoms with Gasteiger partial charge in [-0.1, -0.05) is 32.0 Å². The van der Waals surface area contributed by atoms with Gasteiger partial charge in [0.25, 0.3) is 0 Å². The molecule has 1 amide bonds. The minimum atomic E-state index is -0.389. The molecule has 0 fully saturated rings. The fourth-order valence-corrected chi connectivity index (χ4v) is 3.03. The smallest absolute Gasteiger partial charge is 0.240 e. The Hall–Kier alpha value is -0.710. The van der Waals surface area contributed by atoms with Crippen molar-refractivity contribution >= 4 is 30.1 Å². The zero-order valence-electron chi connectivity index (χ0n) is 11.3. The van der Waals surface area contributed by atoms with Crippen LogP contribution in [0, 0.1) is 5.92 Å². The summed E-state index contributed by atoms with van der Waals surface area (Å²) >= 11 is 1.82. The van der Waals surface area contributed by atoms with Crippen molar-refractivity contribution in [3.05, 3.63) is 29.8 Å². The molecule has 1 aromatic carbocycles. The number of fused-ring (bicyclic) bond motifs is 1. The van der Waals surface area contributed by atoms with Gasteiger partial charge < -0.3 is 10.6 Å². The Kier molecular flexibility index (Phi) is 6.17. The maximum atomic E-state index is 12.3. The first-order valence-electron chi connectivity index (χ1n) is 6.34. The van der Waals surface area contributed by atoms with Gasteiger partial charge in [-0.3, -0.25) is 4.79 Å². The highest BCUT2D eigenvalue weighted by atomic mass is 35.5. The number of benzene rings is 1. The largest absolute Gasteiger partial charge is 0.336 e. The zero-order valence-corrected chi connectivity index (χ0v) is 13.0. The van der Waals surface area contributed by atoms with Crippen molar-refractivity contribution in [3.8, 4) is 0 Å². The van der Waals surface area contributed by atoms with E-state index in [0.717, 1.165) is 12.3 Å². The number of amides is 1. The molecule has 0 bridgehead atoms. The number of halogens is 1. The predicted octanol–water partition coefficient (Wildman–Crippen LogP) is 2.53. The van der Waals surface area contributed by atoms with E-state index in [1.807, 2.05) is 42.6 Å². The second-order valence-corrected chi connectivity index (χ2v) is 6.12. The van der Waals surface area contributed by atoms with E-state index in [1.165, 1.54) is 10.5 Å². The number of carbonyl (C=O) groups excluding carboxylic acids is 1. The quantitative estimate of drug-likeness (QED) is 0.913. The molecule has 1 aliphatic heterocycles. The number of hydrogen-bond donors (Lipinski definition) is 1. The van der Waals surface area contributed by atoms with Crippen LogP contribution in [0.3, 0.4) is 0 Å². The maximum Gasteiger partial charge on any atom is 0.240 e. The van der Waals surface area contributed by atoms with E-state index in [4.69, 9.17) is 5.73 Å². The number of hydrogen-bond acceptors (Lipinski definition) is 3. The monoisotopic (exact) mass is 300 g/mol. The first-order chi connectivity index (χ1) is 8.59. The summed E-state index contributed by atoms with van der Waals surface area (Å²) in [5.74, 6) is 1.19. The van der Waals surface area contributed by atoms with Gasteiger partial charge in [-0.15, -0.1) is 24.2 Å². The molecule has 2 rings (SSSR count). The summed E-state index contributed by atoms with van der Waals surface area (Å²) in [6.07, 6.45) is 0. The molecule has 0 aliphatic carbocycles. The lowest BCUT2D eigenvalue weighted by Gasteiger charge is -2.25. The van der Waals surface area contributed by atoms with Crippen LogP contribution in [0.5, 0.6) is 0 Å².